The van der Waals surface area contributed by atoms with Gasteiger partial charge in [-0.15, -0.1) is 0 Å². The normalized spacial score (nSPS) is 11.6. The van der Waals surface area contributed by atoms with Gasteiger partial charge in [-0.05, 0) is 326 Å². The zero-order valence-corrected chi connectivity index (χ0v) is 71.5. The molecule has 0 saturated carbocycles. The molecule has 0 saturated heterocycles. The van der Waals surface area contributed by atoms with Gasteiger partial charge in [-0.25, -0.2) is 24.9 Å². The maximum Gasteiger partial charge on any atom is 0.160 e. The molecular weight excluding hydrogens is 1600 g/mol. The number of pyridine rings is 4. The number of aromatic nitrogens is 8. The van der Waals surface area contributed by atoms with Gasteiger partial charge in [0.1, 0.15) is 0 Å². The fraction of sp³-hybridized carbons (Fsp3) is 0. The van der Waals surface area contributed by atoms with E-state index in [1.54, 1.807) is 0 Å². The van der Waals surface area contributed by atoms with Crippen molar-refractivity contribution in [2.24, 2.45) is 0 Å². The zero-order valence-electron chi connectivity index (χ0n) is 71.5. The maximum atomic E-state index is 5.29. The number of hydrogen-bond acceptors (Lipinski definition) is 8. The molecular formula is C124H76N8. The molecule has 612 valence electrons. The van der Waals surface area contributed by atoms with E-state index in [1.165, 1.54) is 135 Å². The predicted molar refractivity (Wildman–Crippen MR) is 553 cm³/mol. The highest BCUT2D eigenvalue weighted by atomic mass is 14.9. The lowest BCUT2D eigenvalue weighted by Gasteiger charge is -2.13. The van der Waals surface area contributed by atoms with Crippen LogP contribution in [0.5, 0.6) is 0 Å². The van der Waals surface area contributed by atoms with E-state index in [0.29, 0.717) is 11.6 Å². The van der Waals surface area contributed by atoms with Crippen LogP contribution >= 0.6 is 0 Å². The van der Waals surface area contributed by atoms with Crippen molar-refractivity contribution in [3.05, 3.63) is 462 Å². The lowest BCUT2D eigenvalue weighted by molar-refractivity contribution is 1.19. The van der Waals surface area contributed by atoms with Gasteiger partial charge in [-0.1, -0.05) is 255 Å². The standard InChI is InChI=1S/C42H26N2.2C41H25N3/c1-3-7-29-20-38-22-35(12-9-31(38)17-27(29)5-1)41-24-40(33-11-14-37-26-43-16-15-34(37)19-33)25-42(44-41)36-13-10-32-18-28-6-2-4-8-30(28)21-39(32)23-36;1-3-7-28-20-37-22-34(11-9-30(37)17-26(28)5-1)40-24-39(33-12-14-36-25-42-16-15-32(36)19-33)43-41(44-40)35-13-10-31-18-27-6-2-4-8-29(27)21-38(31)23-35;1-3-7-28-20-37-22-33(11-9-30(37)17-26(28)5-1)39-24-40(44-41(43-39)35-13-14-36-25-42-16-15-32(36)19-35)34-12-10-31-18-27-6-2-4-8-29(27)21-38(31)23-34/h1-26H;2*1-25H. The third kappa shape index (κ3) is 14.8. The van der Waals surface area contributed by atoms with Crippen LogP contribution in [0.25, 0.3) is 263 Å². The quantitative estimate of drug-likeness (QED) is 0.132. The fourth-order valence-corrected chi connectivity index (χ4v) is 19.0. The van der Waals surface area contributed by atoms with Gasteiger partial charge in [0.2, 0.25) is 0 Å². The van der Waals surface area contributed by atoms with E-state index >= 15 is 0 Å². The van der Waals surface area contributed by atoms with Crippen molar-refractivity contribution in [2.45, 2.75) is 0 Å². The molecule has 6 heterocycles. The van der Waals surface area contributed by atoms with E-state index in [2.05, 4.69) is 427 Å². The molecule has 0 aliphatic carbocycles. The van der Waals surface area contributed by atoms with Gasteiger partial charge in [-0.3, -0.25) is 15.0 Å². The Bertz CT molecular complexity index is 8140. The average Bonchev–Trinajstić information content (AvgIpc) is 0.759. The first kappa shape index (κ1) is 76.7. The lowest BCUT2D eigenvalue weighted by Crippen LogP contribution is -1.96. The van der Waals surface area contributed by atoms with Crippen LogP contribution in [0, 0.1) is 0 Å². The molecule has 6 aromatic heterocycles. The third-order valence-electron chi connectivity index (χ3n) is 26.1. The van der Waals surface area contributed by atoms with Crippen LogP contribution in [0.4, 0.5) is 0 Å². The van der Waals surface area contributed by atoms with Gasteiger partial charge in [0.15, 0.2) is 11.6 Å². The second kappa shape index (κ2) is 32.3. The highest BCUT2D eigenvalue weighted by Gasteiger charge is 2.19. The number of benzene rings is 21. The SMILES string of the molecule is c1ccc2cc3cc(-c4cc(-c5ccc6cc7ccccc7cc6c5)nc(-c5ccc6cnccc6c5)n4)ccc3cc2c1.c1ccc2cc3cc(-c4cc(-c5ccc6cnccc6c5)cc(-c5ccc6cc7ccccc7cc6c5)n4)ccc3cc2c1.c1ccc2cc3cc(-c4cc(-c5ccc6cnccc6c5)nc(-c5ccc6cc7ccccc7cc6c5)n4)ccc3cc2c1. The number of nitrogens with zero attached hydrogens (tertiary/aromatic N) is 8. The van der Waals surface area contributed by atoms with Crippen LogP contribution in [-0.2, 0) is 0 Å². The molecule has 0 aliphatic rings. The molecule has 0 aliphatic heterocycles. The summed E-state index contributed by atoms with van der Waals surface area (Å²) in [6, 6.07) is 152. The molecule has 0 radical (unpaired) electrons. The van der Waals surface area contributed by atoms with E-state index in [9.17, 15) is 0 Å². The first-order valence-electron chi connectivity index (χ1n) is 44.6. The molecule has 27 rings (SSSR count). The first-order chi connectivity index (χ1) is 65.2. The number of rotatable bonds is 9. The minimum Gasteiger partial charge on any atom is -0.264 e. The van der Waals surface area contributed by atoms with Gasteiger partial charge in [0.25, 0.3) is 0 Å². The van der Waals surface area contributed by atoms with Crippen LogP contribution in [-0.4, -0.2) is 39.9 Å². The largest absolute Gasteiger partial charge is 0.264 e. The zero-order chi connectivity index (χ0) is 87.1. The Morgan fingerprint density at radius 2 is 0.280 bits per heavy atom. The van der Waals surface area contributed by atoms with Crippen LogP contribution < -0.4 is 0 Å². The Hall–Kier alpha value is -17.7. The van der Waals surface area contributed by atoms with Crippen molar-refractivity contribution in [1.29, 1.82) is 0 Å². The molecule has 21 aromatic carbocycles. The van der Waals surface area contributed by atoms with Gasteiger partial charge < -0.3 is 0 Å². The Kier molecular flexibility index (Phi) is 18.8. The van der Waals surface area contributed by atoms with Gasteiger partial charge in [-0.2, -0.15) is 0 Å². The molecule has 0 amide bonds. The highest BCUT2D eigenvalue weighted by Crippen LogP contribution is 2.41. The highest BCUT2D eigenvalue weighted by molar-refractivity contribution is 6.07. The second-order valence-electron chi connectivity index (χ2n) is 34.4. The van der Waals surface area contributed by atoms with Gasteiger partial charge in [0, 0.05) is 97.8 Å². The molecule has 8 heteroatoms. The average molecular weight is 1680 g/mol. The molecule has 0 unspecified atom stereocenters. The van der Waals surface area contributed by atoms with Gasteiger partial charge in [0.05, 0.1) is 34.2 Å². The van der Waals surface area contributed by atoms with Crippen molar-refractivity contribution in [3.63, 3.8) is 0 Å². The smallest absolute Gasteiger partial charge is 0.160 e. The summed E-state index contributed by atoms with van der Waals surface area (Å²) in [4.78, 5) is 38.8. The Balaban J connectivity index is 0.000000106. The topological polar surface area (TPSA) is 103 Å². The van der Waals surface area contributed by atoms with Crippen molar-refractivity contribution in [3.8, 4) is 101 Å². The monoisotopic (exact) mass is 1680 g/mol. The summed E-state index contributed by atoms with van der Waals surface area (Å²) in [6.07, 6.45) is 11.2. The molecule has 0 fully saturated rings. The molecule has 8 nitrogen and oxygen atoms in total. The molecule has 0 spiro atoms. The summed E-state index contributed by atoms with van der Waals surface area (Å²) in [7, 11) is 0. The van der Waals surface area contributed by atoms with E-state index in [1.807, 2.05) is 49.3 Å². The van der Waals surface area contributed by atoms with Crippen molar-refractivity contribution >= 4 is 162 Å². The molecule has 27 aromatic rings. The van der Waals surface area contributed by atoms with E-state index in [-0.39, 0.29) is 0 Å². The molecule has 0 atom stereocenters. The molecule has 132 heavy (non-hydrogen) atoms. The summed E-state index contributed by atoms with van der Waals surface area (Å²) in [5.74, 6) is 1.41. The predicted octanol–water partition coefficient (Wildman–Crippen LogP) is 32.5. The van der Waals surface area contributed by atoms with Crippen LogP contribution in [0.3, 0.4) is 0 Å². The van der Waals surface area contributed by atoms with Crippen LogP contribution in [0.1, 0.15) is 0 Å². The number of hydrogen-bond donors (Lipinski definition) is 0. The number of fused-ring (bicyclic) bond motifs is 15. The van der Waals surface area contributed by atoms with Gasteiger partial charge >= 0.3 is 0 Å². The lowest BCUT2D eigenvalue weighted by atomic mass is 9.96. The van der Waals surface area contributed by atoms with Crippen LogP contribution in [0.2, 0.25) is 0 Å². The summed E-state index contributed by atoms with van der Waals surface area (Å²) in [6.45, 7) is 0. The summed E-state index contributed by atoms with van der Waals surface area (Å²) >= 11 is 0. The summed E-state index contributed by atoms with van der Waals surface area (Å²) in [5, 5.41) is 36.1. The molecule has 0 N–H and O–H groups in total. The van der Waals surface area contributed by atoms with E-state index in [0.717, 1.165) is 117 Å². The minimum atomic E-state index is 0.702. The van der Waals surface area contributed by atoms with Crippen molar-refractivity contribution < 1.29 is 0 Å². The first-order valence-corrected chi connectivity index (χ1v) is 44.6. The maximum absolute atomic E-state index is 5.29. The summed E-state index contributed by atoms with van der Waals surface area (Å²) < 4.78 is 0. The second-order valence-corrected chi connectivity index (χ2v) is 34.4. The molecule has 0 bridgehead atoms. The Morgan fingerprint density at radius 3 is 0.538 bits per heavy atom. The van der Waals surface area contributed by atoms with E-state index in [4.69, 9.17) is 24.9 Å². The van der Waals surface area contributed by atoms with Crippen molar-refractivity contribution in [1.82, 2.24) is 39.9 Å². The Labute approximate surface area is 759 Å². The van der Waals surface area contributed by atoms with E-state index < -0.39 is 0 Å². The van der Waals surface area contributed by atoms with Crippen molar-refractivity contribution in [2.75, 3.05) is 0 Å². The fourth-order valence-electron chi connectivity index (χ4n) is 19.0. The van der Waals surface area contributed by atoms with Crippen LogP contribution in [0.15, 0.2) is 462 Å². The Morgan fingerprint density at radius 1 is 0.106 bits per heavy atom. The summed E-state index contributed by atoms with van der Waals surface area (Å²) in [5.41, 5.74) is 16.2. The minimum absolute atomic E-state index is 0.702. The third-order valence-corrected chi connectivity index (χ3v) is 26.1.